The summed E-state index contributed by atoms with van der Waals surface area (Å²) in [4.78, 5) is 4.79. The standard InChI is InChI=1S/C29H36N6/c1-20-16-32-35(19-20)28-12-11-27(18-31-34(6)14-13-28)24(5)33-29-15-26(8-7-21(29)2)23(4)30-17-22(3)25-9-10-25/h7-8,11-12,15-16,18-19,25,33H,3,5,9-10,13-14,17H2,1-2,4,6H3/b27-11-,28-12+,30-23?,31-18-. The molecule has 1 aliphatic heterocycles. The van der Waals surface area contributed by atoms with E-state index in [0.29, 0.717) is 12.5 Å². The molecule has 2 aromatic rings. The van der Waals surface area contributed by atoms with Crippen molar-refractivity contribution in [2.75, 3.05) is 25.5 Å². The molecule has 1 saturated carbocycles. The second-order valence-electron chi connectivity index (χ2n) is 9.59. The minimum absolute atomic E-state index is 0.680. The van der Waals surface area contributed by atoms with Crippen LogP contribution in [0.15, 0.2) is 82.8 Å². The molecule has 1 aliphatic carbocycles. The largest absolute Gasteiger partial charge is 0.355 e. The molecular formula is C29H36N6. The summed E-state index contributed by atoms with van der Waals surface area (Å²) in [6.45, 7) is 16.2. The molecule has 0 bridgehead atoms. The average molecular weight is 469 g/mol. The van der Waals surface area contributed by atoms with E-state index in [9.17, 15) is 0 Å². The van der Waals surface area contributed by atoms with Crippen LogP contribution < -0.4 is 5.32 Å². The van der Waals surface area contributed by atoms with Crippen LogP contribution in [-0.2, 0) is 0 Å². The van der Waals surface area contributed by atoms with Gasteiger partial charge in [-0.2, -0.15) is 10.2 Å². The zero-order valence-electron chi connectivity index (χ0n) is 21.4. The first kappa shape index (κ1) is 24.5. The Labute approximate surface area is 209 Å². The van der Waals surface area contributed by atoms with Gasteiger partial charge in [0.25, 0.3) is 0 Å². The van der Waals surface area contributed by atoms with Crippen molar-refractivity contribution >= 4 is 23.3 Å². The normalized spacial score (nSPS) is 20.6. The van der Waals surface area contributed by atoms with E-state index in [1.54, 1.807) is 0 Å². The van der Waals surface area contributed by atoms with E-state index < -0.39 is 0 Å². The summed E-state index contributed by atoms with van der Waals surface area (Å²) >= 11 is 0. The van der Waals surface area contributed by atoms with Crippen molar-refractivity contribution in [3.63, 3.8) is 0 Å². The molecule has 4 rings (SSSR count). The maximum atomic E-state index is 4.79. The average Bonchev–Trinajstić information content (AvgIpc) is 3.59. The molecule has 0 atom stereocenters. The topological polar surface area (TPSA) is 57.8 Å². The van der Waals surface area contributed by atoms with E-state index in [4.69, 9.17) is 4.99 Å². The minimum Gasteiger partial charge on any atom is -0.355 e. The Morgan fingerprint density at radius 2 is 2.00 bits per heavy atom. The smallest absolute Gasteiger partial charge is 0.0603 e. The summed E-state index contributed by atoms with van der Waals surface area (Å²) < 4.78 is 1.94. The fraction of sp³-hybridized carbons (Fsp3) is 0.345. The van der Waals surface area contributed by atoms with E-state index in [1.807, 2.05) is 42.3 Å². The predicted octanol–water partition coefficient (Wildman–Crippen LogP) is 5.99. The Balaban J connectivity index is 1.54. The summed E-state index contributed by atoms with van der Waals surface area (Å²) in [7, 11) is 1.98. The summed E-state index contributed by atoms with van der Waals surface area (Å²) in [5.41, 5.74) is 9.47. The van der Waals surface area contributed by atoms with Crippen molar-refractivity contribution in [2.45, 2.75) is 40.0 Å². The molecule has 1 aromatic carbocycles. The van der Waals surface area contributed by atoms with E-state index >= 15 is 0 Å². The zero-order valence-corrected chi connectivity index (χ0v) is 21.4. The number of hydrogen-bond acceptors (Lipinski definition) is 5. The van der Waals surface area contributed by atoms with Gasteiger partial charge in [0, 0.05) is 54.6 Å². The van der Waals surface area contributed by atoms with Gasteiger partial charge in [0.15, 0.2) is 0 Å². The number of aryl methyl sites for hydroxylation is 2. The maximum Gasteiger partial charge on any atom is 0.0603 e. The Bertz CT molecular complexity index is 1240. The third-order valence-corrected chi connectivity index (χ3v) is 6.51. The lowest BCUT2D eigenvalue weighted by atomic mass is 10.1. The molecule has 35 heavy (non-hydrogen) atoms. The highest BCUT2D eigenvalue weighted by atomic mass is 15.4. The lowest BCUT2D eigenvalue weighted by Crippen LogP contribution is -2.14. The molecule has 2 aliphatic rings. The SMILES string of the molecule is C=C(Nc1cc(C(C)=NCC(=C)C2CC2)ccc1C)C1=C\C=C(\n2cc(C)cn2)CCN(C)/N=C\1. The van der Waals surface area contributed by atoms with Gasteiger partial charge in [-0.3, -0.25) is 10.0 Å². The lowest BCUT2D eigenvalue weighted by Gasteiger charge is -2.15. The van der Waals surface area contributed by atoms with Crippen LogP contribution in [0.25, 0.3) is 5.70 Å². The van der Waals surface area contributed by atoms with Gasteiger partial charge in [-0.25, -0.2) is 4.68 Å². The van der Waals surface area contributed by atoms with Crippen molar-refractivity contribution in [1.82, 2.24) is 14.8 Å². The van der Waals surface area contributed by atoms with Gasteiger partial charge in [-0.1, -0.05) is 30.9 Å². The molecule has 1 aromatic heterocycles. The minimum atomic E-state index is 0.680. The van der Waals surface area contributed by atoms with Crippen molar-refractivity contribution in [3.8, 4) is 0 Å². The predicted molar refractivity (Wildman–Crippen MR) is 148 cm³/mol. The number of benzene rings is 1. The quantitative estimate of drug-likeness (QED) is 0.382. The first-order valence-electron chi connectivity index (χ1n) is 12.2. The summed E-state index contributed by atoms with van der Waals surface area (Å²) in [5, 5.41) is 14.5. The molecule has 6 nitrogen and oxygen atoms in total. The third-order valence-electron chi connectivity index (χ3n) is 6.51. The van der Waals surface area contributed by atoms with Crippen LogP contribution in [0.4, 0.5) is 5.69 Å². The van der Waals surface area contributed by atoms with Crippen LogP contribution in [0.2, 0.25) is 0 Å². The van der Waals surface area contributed by atoms with Crippen LogP contribution in [0.5, 0.6) is 0 Å². The number of aliphatic imine (C=N–C) groups is 1. The number of hydrogen-bond donors (Lipinski definition) is 1. The van der Waals surface area contributed by atoms with Crippen molar-refractivity contribution < 1.29 is 0 Å². The van der Waals surface area contributed by atoms with E-state index in [2.05, 4.69) is 72.9 Å². The fourth-order valence-corrected chi connectivity index (χ4v) is 3.90. The highest BCUT2D eigenvalue weighted by Crippen LogP contribution is 2.35. The van der Waals surface area contributed by atoms with E-state index in [0.717, 1.165) is 58.0 Å². The summed E-state index contributed by atoms with van der Waals surface area (Å²) in [5.74, 6) is 0.680. The summed E-state index contributed by atoms with van der Waals surface area (Å²) in [6, 6.07) is 6.39. The van der Waals surface area contributed by atoms with Gasteiger partial charge in [0.05, 0.1) is 19.0 Å². The third kappa shape index (κ3) is 6.47. The maximum absolute atomic E-state index is 4.79. The molecule has 6 heteroatoms. The molecule has 1 fully saturated rings. The molecular weight excluding hydrogens is 432 g/mol. The number of allylic oxidation sites excluding steroid dienone is 3. The zero-order chi connectivity index (χ0) is 24.9. The molecule has 0 saturated heterocycles. The number of anilines is 1. The Hall–Kier alpha value is -3.67. The molecule has 0 unspecified atom stereocenters. The van der Waals surface area contributed by atoms with Crippen LogP contribution >= 0.6 is 0 Å². The van der Waals surface area contributed by atoms with Gasteiger partial charge in [-0.15, -0.1) is 0 Å². The number of nitrogens with one attached hydrogen (secondary N) is 1. The van der Waals surface area contributed by atoms with Crippen molar-refractivity contribution in [2.24, 2.45) is 16.0 Å². The van der Waals surface area contributed by atoms with Crippen LogP contribution in [0.3, 0.4) is 0 Å². The number of rotatable bonds is 8. The Morgan fingerprint density at radius 1 is 1.20 bits per heavy atom. The number of nitrogens with zero attached hydrogens (tertiary/aromatic N) is 5. The number of aromatic nitrogens is 2. The van der Waals surface area contributed by atoms with Gasteiger partial charge in [0.2, 0.25) is 0 Å². The van der Waals surface area contributed by atoms with E-state index in [-0.39, 0.29) is 0 Å². The molecule has 182 valence electrons. The lowest BCUT2D eigenvalue weighted by molar-refractivity contribution is 0.363. The van der Waals surface area contributed by atoms with Gasteiger partial charge < -0.3 is 5.32 Å². The van der Waals surface area contributed by atoms with Crippen molar-refractivity contribution in [3.05, 3.63) is 89.4 Å². The molecule has 0 radical (unpaired) electrons. The van der Waals surface area contributed by atoms with Crippen LogP contribution in [0.1, 0.15) is 42.9 Å². The monoisotopic (exact) mass is 468 g/mol. The molecule has 0 spiro atoms. The second kappa shape index (κ2) is 10.7. The molecule has 0 amide bonds. The first-order chi connectivity index (χ1) is 16.8. The van der Waals surface area contributed by atoms with Gasteiger partial charge >= 0.3 is 0 Å². The highest BCUT2D eigenvalue weighted by molar-refractivity contribution is 6.00. The molecule has 2 heterocycles. The van der Waals surface area contributed by atoms with Crippen LogP contribution in [-0.4, -0.2) is 46.9 Å². The van der Waals surface area contributed by atoms with Crippen LogP contribution in [0, 0.1) is 19.8 Å². The van der Waals surface area contributed by atoms with Gasteiger partial charge in [0.1, 0.15) is 0 Å². The second-order valence-corrected chi connectivity index (χ2v) is 9.59. The summed E-state index contributed by atoms with van der Waals surface area (Å²) in [6.07, 6.45) is 13.3. The molecule has 1 N–H and O–H groups in total. The Kier molecular flexibility index (Phi) is 7.49. The fourth-order valence-electron chi connectivity index (χ4n) is 3.90. The van der Waals surface area contributed by atoms with E-state index in [1.165, 1.54) is 18.4 Å². The first-order valence-corrected chi connectivity index (χ1v) is 12.2. The van der Waals surface area contributed by atoms with Crippen molar-refractivity contribution in [1.29, 1.82) is 0 Å². The number of hydrazone groups is 1. The van der Waals surface area contributed by atoms with Gasteiger partial charge in [-0.05, 0) is 74.4 Å². The highest BCUT2D eigenvalue weighted by Gasteiger charge is 2.23. The Morgan fingerprint density at radius 3 is 2.71 bits per heavy atom.